The number of aromatic nitrogens is 3. The number of thioether (sulfide) groups is 1. The molecule has 0 saturated carbocycles. The molecule has 128 valence electrons. The number of benzene rings is 1. The predicted molar refractivity (Wildman–Crippen MR) is 100 cm³/mol. The largest absolute Gasteiger partial charge is 0.496 e. The second-order valence-electron chi connectivity index (χ2n) is 4.92. The Morgan fingerprint density at radius 2 is 2.04 bits per heavy atom. The molecule has 3 rings (SSSR count). The first-order chi connectivity index (χ1) is 12.3. The number of carbonyl (C=O) groups is 1. The lowest BCUT2D eigenvalue weighted by atomic mass is 10.1. The second-order valence-corrected chi connectivity index (χ2v) is 6.84. The van der Waals surface area contributed by atoms with Crippen molar-refractivity contribution in [2.75, 3.05) is 18.2 Å². The zero-order valence-corrected chi connectivity index (χ0v) is 15.1. The number of nitrogens with one attached hydrogen (secondary N) is 1. The summed E-state index contributed by atoms with van der Waals surface area (Å²) in [6, 6.07) is 9.42. The summed E-state index contributed by atoms with van der Waals surface area (Å²) in [6.45, 7) is 0. The van der Waals surface area contributed by atoms with Gasteiger partial charge in [-0.15, -0.1) is 11.3 Å². The fourth-order valence-corrected chi connectivity index (χ4v) is 3.56. The highest BCUT2D eigenvalue weighted by molar-refractivity contribution is 7.99. The van der Waals surface area contributed by atoms with Crippen LogP contribution in [0.4, 0.5) is 5.13 Å². The van der Waals surface area contributed by atoms with Crippen LogP contribution in [0.3, 0.4) is 0 Å². The summed E-state index contributed by atoms with van der Waals surface area (Å²) >= 11 is 2.84. The van der Waals surface area contributed by atoms with Crippen LogP contribution in [-0.2, 0) is 4.79 Å². The van der Waals surface area contributed by atoms with E-state index < -0.39 is 0 Å². The number of thiazole rings is 1. The van der Waals surface area contributed by atoms with Crippen molar-refractivity contribution in [3.63, 3.8) is 0 Å². The summed E-state index contributed by atoms with van der Waals surface area (Å²) in [6.07, 6.45) is 3.74. The standard InChI is InChI=1S/C17H16N4O2S2/c1-23-14-6-3-2-5-12(14)13-11-25-17(20-13)21-15(22)7-10-24-16-18-8-4-9-19-16/h2-6,8-9,11H,7,10H2,1H3,(H,20,21,22). The monoisotopic (exact) mass is 372 g/mol. The quantitative estimate of drug-likeness (QED) is 0.503. The Balaban J connectivity index is 1.55. The molecule has 2 aromatic heterocycles. The van der Waals surface area contributed by atoms with Crippen LogP contribution in [0.15, 0.2) is 53.3 Å². The maximum Gasteiger partial charge on any atom is 0.226 e. The van der Waals surface area contributed by atoms with E-state index >= 15 is 0 Å². The Labute approximate surface area is 153 Å². The molecule has 0 saturated heterocycles. The minimum absolute atomic E-state index is 0.0793. The van der Waals surface area contributed by atoms with Gasteiger partial charge in [0, 0.05) is 35.5 Å². The highest BCUT2D eigenvalue weighted by Gasteiger charge is 2.11. The van der Waals surface area contributed by atoms with E-state index in [-0.39, 0.29) is 5.91 Å². The molecule has 0 aliphatic heterocycles. The fraction of sp³-hybridized carbons (Fsp3) is 0.176. The smallest absolute Gasteiger partial charge is 0.226 e. The number of ether oxygens (including phenoxy) is 1. The van der Waals surface area contributed by atoms with Crippen molar-refractivity contribution in [3.05, 3.63) is 48.1 Å². The summed E-state index contributed by atoms with van der Waals surface area (Å²) in [7, 11) is 1.63. The van der Waals surface area contributed by atoms with Crippen LogP contribution < -0.4 is 10.1 Å². The van der Waals surface area contributed by atoms with Crippen LogP contribution in [0.5, 0.6) is 5.75 Å². The SMILES string of the molecule is COc1ccccc1-c1csc(NC(=O)CCSc2ncccn2)n1. The lowest BCUT2D eigenvalue weighted by Gasteiger charge is -2.05. The molecule has 8 heteroatoms. The lowest BCUT2D eigenvalue weighted by molar-refractivity contribution is -0.115. The molecule has 1 amide bonds. The molecule has 2 heterocycles. The number of methoxy groups -OCH3 is 1. The van der Waals surface area contributed by atoms with E-state index in [0.717, 1.165) is 17.0 Å². The van der Waals surface area contributed by atoms with Crippen molar-refractivity contribution in [3.8, 4) is 17.0 Å². The van der Waals surface area contributed by atoms with Crippen LogP contribution >= 0.6 is 23.1 Å². The van der Waals surface area contributed by atoms with Gasteiger partial charge in [0.25, 0.3) is 0 Å². The Hall–Kier alpha value is -2.45. The van der Waals surface area contributed by atoms with Gasteiger partial charge in [0.15, 0.2) is 10.3 Å². The molecule has 0 spiro atoms. The molecule has 0 unspecified atom stereocenters. The molecule has 0 atom stereocenters. The summed E-state index contributed by atoms with van der Waals surface area (Å²) in [5.41, 5.74) is 1.68. The number of para-hydroxylation sites is 1. The molecule has 0 bridgehead atoms. The third kappa shape index (κ3) is 4.77. The Morgan fingerprint density at radius 3 is 2.84 bits per heavy atom. The first-order valence-corrected chi connectivity index (χ1v) is 9.41. The predicted octanol–water partition coefficient (Wildman–Crippen LogP) is 3.73. The van der Waals surface area contributed by atoms with E-state index in [1.165, 1.54) is 23.1 Å². The molecule has 25 heavy (non-hydrogen) atoms. The Kier molecular flexibility index (Phi) is 5.97. The van der Waals surface area contributed by atoms with E-state index in [2.05, 4.69) is 20.3 Å². The van der Waals surface area contributed by atoms with Crippen molar-refractivity contribution < 1.29 is 9.53 Å². The van der Waals surface area contributed by atoms with Crippen molar-refractivity contribution in [1.82, 2.24) is 15.0 Å². The highest BCUT2D eigenvalue weighted by Crippen LogP contribution is 2.31. The number of rotatable bonds is 7. The van der Waals surface area contributed by atoms with Gasteiger partial charge in [0.1, 0.15) is 5.75 Å². The Bertz CT molecular complexity index is 839. The van der Waals surface area contributed by atoms with Gasteiger partial charge in [-0.2, -0.15) is 0 Å². The van der Waals surface area contributed by atoms with Crippen LogP contribution in [0.1, 0.15) is 6.42 Å². The summed E-state index contributed by atoms with van der Waals surface area (Å²) in [5.74, 6) is 1.29. The minimum atomic E-state index is -0.0793. The van der Waals surface area contributed by atoms with Gasteiger partial charge in [-0.05, 0) is 18.2 Å². The van der Waals surface area contributed by atoms with E-state index in [9.17, 15) is 4.79 Å². The fourth-order valence-electron chi connectivity index (χ4n) is 2.09. The molecule has 3 aromatic rings. The summed E-state index contributed by atoms with van der Waals surface area (Å²) < 4.78 is 5.35. The molecule has 0 fully saturated rings. The molecule has 0 radical (unpaired) electrons. The van der Waals surface area contributed by atoms with Crippen molar-refractivity contribution in [2.45, 2.75) is 11.6 Å². The van der Waals surface area contributed by atoms with Gasteiger partial charge in [0.2, 0.25) is 5.91 Å². The number of anilines is 1. The highest BCUT2D eigenvalue weighted by atomic mass is 32.2. The molecule has 6 nitrogen and oxygen atoms in total. The van der Waals surface area contributed by atoms with Gasteiger partial charge in [-0.1, -0.05) is 23.9 Å². The zero-order valence-electron chi connectivity index (χ0n) is 13.5. The third-order valence-electron chi connectivity index (χ3n) is 3.24. The first kappa shape index (κ1) is 17.4. The van der Waals surface area contributed by atoms with Gasteiger partial charge < -0.3 is 10.1 Å². The molecule has 1 aromatic carbocycles. The zero-order chi connectivity index (χ0) is 17.5. The van der Waals surface area contributed by atoms with Crippen molar-refractivity contribution >= 4 is 34.1 Å². The normalized spacial score (nSPS) is 10.4. The first-order valence-electron chi connectivity index (χ1n) is 7.55. The number of amides is 1. The van der Waals surface area contributed by atoms with E-state index in [1.54, 1.807) is 25.6 Å². The molecule has 0 aliphatic rings. The van der Waals surface area contributed by atoms with Crippen molar-refractivity contribution in [1.29, 1.82) is 0 Å². The van der Waals surface area contributed by atoms with Gasteiger partial charge in [-0.25, -0.2) is 15.0 Å². The number of carbonyl (C=O) groups excluding carboxylic acids is 1. The molecular weight excluding hydrogens is 356 g/mol. The lowest BCUT2D eigenvalue weighted by Crippen LogP contribution is -2.12. The topological polar surface area (TPSA) is 77.0 Å². The van der Waals surface area contributed by atoms with Crippen LogP contribution in [0.25, 0.3) is 11.3 Å². The number of hydrogen-bond donors (Lipinski definition) is 1. The Morgan fingerprint density at radius 1 is 1.24 bits per heavy atom. The van der Waals surface area contributed by atoms with E-state index in [1.807, 2.05) is 29.6 Å². The number of hydrogen-bond acceptors (Lipinski definition) is 7. The van der Waals surface area contributed by atoms with Crippen molar-refractivity contribution in [2.24, 2.45) is 0 Å². The summed E-state index contributed by atoms with van der Waals surface area (Å²) in [4.78, 5) is 24.7. The maximum absolute atomic E-state index is 12.0. The summed E-state index contributed by atoms with van der Waals surface area (Å²) in [5, 5.41) is 5.98. The maximum atomic E-state index is 12.0. The average molecular weight is 372 g/mol. The van der Waals surface area contributed by atoms with E-state index in [4.69, 9.17) is 4.74 Å². The van der Waals surface area contributed by atoms with E-state index in [0.29, 0.717) is 22.5 Å². The minimum Gasteiger partial charge on any atom is -0.496 e. The average Bonchev–Trinajstić information content (AvgIpc) is 3.10. The molecular formula is C17H16N4O2S2. The van der Waals surface area contributed by atoms with Gasteiger partial charge >= 0.3 is 0 Å². The van der Waals surface area contributed by atoms with Crippen LogP contribution in [0.2, 0.25) is 0 Å². The second kappa shape index (κ2) is 8.59. The molecule has 1 N–H and O–H groups in total. The van der Waals surface area contributed by atoms with Gasteiger partial charge in [0.05, 0.1) is 12.8 Å². The van der Waals surface area contributed by atoms with Gasteiger partial charge in [-0.3, -0.25) is 4.79 Å². The molecule has 0 aliphatic carbocycles. The number of nitrogens with zero attached hydrogens (tertiary/aromatic N) is 3. The third-order valence-corrected chi connectivity index (χ3v) is 4.87. The van der Waals surface area contributed by atoms with Crippen LogP contribution in [0, 0.1) is 0 Å². The van der Waals surface area contributed by atoms with Crippen LogP contribution in [-0.4, -0.2) is 33.7 Å².